The van der Waals surface area contributed by atoms with Gasteiger partial charge in [-0.15, -0.1) is 12.4 Å². The smallest absolute Gasteiger partial charge is 0.259 e. The van der Waals surface area contributed by atoms with Crippen molar-refractivity contribution >= 4 is 29.4 Å². The fourth-order valence-electron chi connectivity index (χ4n) is 3.33. The standard InChI is InChI=1S/C18H26N4O2.ClH/c1-5-8-22(13-6-7-19-10-13)18(23)14-9-15(11(2)3)20-17-16(14)12(4)21-24-17;/h9,11,13,19H,5-8,10H2,1-4H3;1H. The van der Waals surface area contributed by atoms with Crippen LogP contribution in [-0.2, 0) is 0 Å². The molecule has 2 aromatic heterocycles. The average Bonchev–Trinajstić information content (AvgIpc) is 3.21. The van der Waals surface area contributed by atoms with Gasteiger partial charge in [0.2, 0.25) is 0 Å². The van der Waals surface area contributed by atoms with Gasteiger partial charge < -0.3 is 14.7 Å². The van der Waals surface area contributed by atoms with Gasteiger partial charge in [0.25, 0.3) is 11.6 Å². The summed E-state index contributed by atoms with van der Waals surface area (Å²) in [6.07, 6.45) is 1.94. The second-order valence-electron chi connectivity index (χ2n) is 6.84. The lowest BCUT2D eigenvalue weighted by atomic mass is 10.0. The Kier molecular flexibility index (Phi) is 6.41. The Morgan fingerprint density at radius 3 is 2.84 bits per heavy atom. The number of nitrogens with zero attached hydrogens (tertiary/aromatic N) is 3. The van der Waals surface area contributed by atoms with Crippen molar-refractivity contribution in [2.45, 2.75) is 52.5 Å². The van der Waals surface area contributed by atoms with Crippen LogP contribution in [-0.4, -0.2) is 46.6 Å². The van der Waals surface area contributed by atoms with Gasteiger partial charge in [0.15, 0.2) is 0 Å². The van der Waals surface area contributed by atoms with Crippen molar-refractivity contribution in [3.05, 3.63) is 23.0 Å². The highest BCUT2D eigenvalue weighted by molar-refractivity contribution is 6.06. The maximum Gasteiger partial charge on any atom is 0.259 e. The molecular weight excluding hydrogens is 340 g/mol. The van der Waals surface area contributed by atoms with Crippen LogP contribution < -0.4 is 5.32 Å². The minimum atomic E-state index is 0. The molecule has 1 atom stereocenters. The summed E-state index contributed by atoms with van der Waals surface area (Å²) in [6, 6.07) is 2.17. The summed E-state index contributed by atoms with van der Waals surface area (Å²) in [5, 5.41) is 8.12. The van der Waals surface area contributed by atoms with E-state index in [2.05, 4.69) is 36.2 Å². The molecule has 2 aromatic rings. The Hall–Kier alpha value is -1.66. The molecule has 1 amide bonds. The van der Waals surface area contributed by atoms with Crippen molar-refractivity contribution in [1.29, 1.82) is 0 Å². The SMILES string of the molecule is CCCN(C(=O)c1cc(C(C)C)nc2onc(C)c12)C1CCNC1.Cl. The van der Waals surface area contributed by atoms with Crippen molar-refractivity contribution in [3.63, 3.8) is 0 Å². The second-order valence-corrected chi connectivity index (χ2v) is 6.84. The molecule has 0 saturated carbocycles. The number of aryl methyl sites for hydroxylation is 1. The third kappa shape index (κ3) is 3.80. The number of aromatic nitrogens is 2. The van der Waals surface area contributed by atoms with E-state index in [0.717, 1.165) is 49.2 Å². The lowest BCUT2D eigenvalue weighted by Crippen LogP contribution is -2.42. The van der Waals surface area contributed by atoms with Gasteiger partial charge in [0, 0.05) is 24.8 Å². The third-order valence-electron chi connectivity index (χ3n) is 4.66. The minimum Gasteiger partial charge on any atom is -0.336 e. The summed E-state index contributed by atoms with van der Waals surface area (Å²) in [7, 11) is 0. The summed E-state index contributed by atoms with van der Waals surface area (Å²) in [6.45, 7) is 10.7. The van der Waals surface area contributed by atoms with Crippen molar-refractivity contribution in [1.82, 2.24) is 20.4 Å². The number of carbonyl (C=O) groups excluding carboxylic acids is 1. The molecular formula is C18H27ClN4O2. The normalized spacial score (nSPS) is 17.1. The van der Waals surface area contributed by atoms with Crippen LogP contribution in [0.4, 0.5) is 0 Å². The lowest BCUT2D eigenvalue weighted by Gasteiger charge is -2.28. The zero-order valence-corrected chi connectivity index (χ0v) is 16.2. The number of hydrogen-bond acceptors (Lipinski definition) is 5. The molecule has 25 heavy (non-hydrogen) atoms. The Balaban J connectivity index is 0.00000225. The van der Waals surface area contributed by atoms with Crippen LogP contribution in [0.1, 0.15) is 61.3 Å². The Morgan fingerprint density at radius 1 is 1.48 bits per heavy atom. The van der Waals surface area contributed by atoms with E-state index in [9.17, 15) is 4.79 Å². The second kappa shape index (κ2) is 8.15. The van der Waals surface area contributed by atoms with Crippen LogP contribution in [0.15, 0.2) is 10.6 Å². The molecule has 1 aliphatic heterocycles. The zero-order valence-electron chi connectivity index (χ0n) is 15.3. The largest absolute Gasteiger partial charge is 0.336 e. The molecule has 1 unspecified atom stereocenters. The van der Waals surface area contributed by atoms with Crippen molar-refractivity contribution in [3.8, 4) is 0 Å². The molecule has 0 bridgehead atoms. The Labute approximate surface area is 154 Å². The fourth-order valence-corrected chi connectivity index (χ4v) is 3.33. The van der Waals surface area contributed by atoms with Gasteiger partial charge in [0.1, 0.15) is 0 Å². The molecule has 3 heterocycles. The van der Waals surface area contributed by atoms with Crippen molar-refractivity contribution in [2.75, 3.05) is 19.6 Å². The van der Waals surface area contributed by atoms with E-state index in [0.29, 0.717) is 11.3 Å². The van der Waals surface area contributed by atoms with E-state index in [1.807, 2.05) is 17.9 Å². The highest BCUT2D eigenvalue weighted by atomic mass is 35.5. The van der Waals surface area contributed by atoms with Crippen molar-refractivity contribution in [2.24, 2.45) is 0 Å². The first-order valence-corrected chi connectivity index (χ1v) is 8.81. The Bertz CT molecular complexity index is 738. The van der Waals surface area contributed by atoms with E-state index in [4.69, 9.17) is 4.52 Å². The topological polar surface area (TPSA) is 71.3 Å². The predicted octanol–water partition coefficient (Wildman–Crippen LogP) is 3.29. The monoisotopic (exact) mass is 366 g/mol. The van der Waals surface area contributed by atoms with Crippen LogP contribution in [0, 0.1) is 6.92 Å². The quantitative estimate of drug-likeness (QED) is 0.879. The molecule has 1 saturated heterocycles. The number of halogens is 1. The van der Waals surface area contributed by atoms with E-state index in [1.54, 1.807) is 0 Å². The van der Waals surface area contributed by atoms with E-state index in [-0.39, 0.29) is 30.3 Å². The van der Waals surface area contributed by atoms with Crippen LogP contribution >= 0.6 is 12.4 Å². The fraction of sp³-hybridized carbons (Fsp3) is 0.611. The number of rotatable bonds is 5. The first kappa shape index (κ1) is 19.7. The van der Waals surface area contributed by atoms with Crippen LogP contribution in [0.3, 0.4) is 0 Å². The van der Waals surface area contributed by atoms with Gasteiger partial charge in [-0.1, -0.05) is 25.9 Å². The Morgan fingerprint density at radius 2 is 2.24 bits per heavy atom. The number of amides is 1. The molecule has 6 nitrogen and oxygen atoms in total. The maximum absolute atomic E-state index is 13.4. The van der Waals surface area contributed by atoms with E-state index in [1.165, 1.54) is 0 Å². The van der Waals surface area contributed by atoms with Gasteiger partial charge in [-0.3, -0.25) is 4.79 Å². The van der Waals surface area contributed by atoms with Gasteiger partial charge in [0.05, 0.1) is 16.6 Å². The first-order chi connectivity index (χ1) is 11.5. The number of carbonyl (C=O) groups is 1. The molecule has 1 fully saturated rings. The van der Waals surface area contributed by atoms with Crippen LogP contribution in [0.2, 0.25) is 0 Å². The number of pyridine rings is 1. The summed E-state index contributed by atoms with van der Waals surface area (Å²) >= 11 is 0. The number of hydrogen-bond donors (Lipinski definition) is 1. The highest BCUT2D eigenvalue weighted by Gasteiger charge is 2.29. The molecule has 0 aromatic carbocycles. The molecule has 3 rings (SSSR count). The van der Waals surface area contributed by atoms with Crippen LogP contribution in [0.25, 0.3) is 11.1 Å². The van der Waals surface area contributed by atoms with E-state index < -0.39 is 0 Å². The number of fused-ring (bicyclic) bond motifs is 1. The molecule has 1 N–H and O–H groups in total. The summed E-state index contributed by atoms with van der Waals surface area (Å²) < 4.78 is 5.35. The van der Waals surface area contributed by atoms with Gasteiger partial charge in [-0.25, -0.2) is 4.98 Å². The predicted molar refractivity (Wildman–Crippen MR) is 100 cm³/mol. The molecule has 0 radical (unpaired) electrons. The molecule has 1 aliphatic rings. The molecule has 7 heteroatoms. The maximum atomic E-state index is 13.4. The average molecular weight is 367 g/mol. The van der Waals surface area contributed by atoms with E-state index >= 15 is 0 Å². The summed E-state index contributed by atoms with van der Waals surface area (Å²) in [5.74, 6) is 0.283. The zero-order chi connectivity index (χ0) is 17.3. The number of nitrogens with one attached hydrogen (secondary N) is 1. The third-order valence-corrected chi connectivity index (χ3v) is 4.66. The van der Waals surface area contributed by atoms with Gasteiger partial charge in [-0.05, 0) is 38.3 Å². The molecule has 138 valence electrons. The first-order valence-electron chi connectivity index (χ1n) is 8.81. The molecule has 0 spiro atoms. The van der Waals surface area contributed by atoms with Gasteiger partial charge in [-0.2, -0.15) is 0 Å². The lowest BCUT2D eigenvalue weighted by molar-refractivity contribution is 0.0694. The minimum absolute atomic E-state index is 0. The summed E-state index contributed by atoms with van der Waals surface area (Å²) in [5.41, 5.74) is 2.71. The molecule has 0 aliphatic carbocycles. The highest BCUT2D eigenvalue weighted by Crippen LogP contribution is 2.27. The van der Waals surface area contributed by atoms with Crippen molar-refractivity contribution < 1.29 is 9.32 Å². The van der Waals surface area contributed by atoms with Gasteiger partial charge >= 0.3 is 0 Å². The summed E-state index contributed by atoms with van der Waals surface area (Å²) in [4.78, 5) is 19.9. The van der Waals surface area contributed by atoms with Crippen LogP contribution in [0.5, 0.6) is 0 Å².